The Kier molecular flexibility index (Phi) is 1.48. The van der Waals surface area contributed by atoms with Crippen molar-refractivity contribution in [3.05, 3.63) is 0 Å². The zero-order valence-corrected chi connectivity index (χ0v) is 6.82. The highest BCUT2D eigenvalue weighted by atomic mass is 15.0. The first-order valence-corrected chi connectivity index (χ1v) is 4.58. The van der Waals surface area contributed by atoms with Gasteiger partial charge in [0, 0.05) is 0 Å². The molecule has 58 valence electrons. The van der Waals surface area contributed by atoms with Crippen molar-refractivity contribution >= 4 is 0 Å². The molecule has 0 atom stereocenters. The predicted molar refractivity (Wildman–Crippen MR) is 42.9 cm³/mol. The molecule has 1 N–H and O–H groups in total. The van der Waals surface area contributed by atoms with Gasteiger partial charge in [-0.2, -0.15) is 0 Å². The number of rotatable bonds is 2. The summed E-state index contributed by atoms with van der Waals surface area (Å²) in [5, 5.41) is 3.37. The molecule has 0 aromatic rings. The maximum absolute atomic E-state index is 3.37. The summed E-state index contributed by atoms with van der Waals surface area (Å²) in [6.07, 6.45) is 5.93. The fourth-order valence-electron chi connectivity index (χ4n) is 2.40. The molecule has 2 rings (SSSR count). The summed E-state index contributed by atoms with van der Waals surface area (Å²) < 4.78 is 0. The second-order valence-corrected chi connectivity index (χ2v) is 3.92. The van der Waals surface area contributed by atoms with Crippen LogP contribution in [0, 0.1) is 11.3 Å². The molecule has 0 aromatic carbocycles. The van der Waals surface area contributed by atoms with Crippen molar-refractivity contribution in [2.75, 3.05) is 13.1 Å². The van der Waals surface area contributed by atoms with Crippen LogP contribution in [0.25, 0.3) is 0 Å². The van der Waals surface area contributed by atoms with Crippen molar-refractivity contribution in [1.82, 2.24) is 5.32 Å². The van der Waals surface area contributed by atoms with E-state index >= 15 is 0 Å². The highest BCUT2D eigenvalue weighted by molar-refractivity contribution is 4.97. The van der Waals surface area contributed by atoms with E-state index in [0.29, 0.717) is 0 Å². The van der Waals surface area contributed by atoms with E-state index in [-0.39, 0.29) is 0 Å². The second-order valence-electron chi connectivity index (χ2n) is 3.92. The van der Waals surface area contributed by atoms with Crippen LogP contribution in [-0.4, -0.2) is 13.1 Å². The first kappa shape index (κ1) is 6.66. The maximum atomic E-state index is 3.37. The van der Waals surface area contributed by atoms with Crippen LogP contribution in [0.5, 0.6) is 0 Å². The van der Waals surface area contributed by atoms with Crippen molar-refractivity contribution in [2.45, 2.75) is 32.6 Å². The Morgan fingerprint density at radius 3 is 2.20 bits per heavy atom. The average molecular weight is 139 g/mol. The van der Waals surface area contributed by atoms with Gasteiger partial charge in [0.1, 0.15) is 0 Å². The quantitative estimate of drug-likeness (QED) is 0.615. The van der Waals surface area contributed by atoms with Crippen LogP contribution >= 0.6 is 0 Å². The third-order valence-electron chi connectivity index (χ3n) is 3.70. The minimum atomic E-state index is 0.797. The molecule has 1 saturated heterocycles. The van der Waals surface area contributed by atoms with Crippen LogP contribution in [0.2, 0.25) is 0 Å². The lowest BCUT2D eigenvalue weighted by molar-refractivity contribution is 0.0134. The molecular formula is C9H17N. The molecule has 1 aliphatic carbocycles. The standard InChI is InChI=1S/C9H17N/c1-2-9(4-3-5-9)8-6-10-7-8/h8,10H,2-7H2,1H3. The molecule has 2 fully saturated rings. The third kappa shape index (κ3) is 0.731. The lowest BCUT2D eigenvalue weighted by Gasteiger charge is -2.51. The molecule has 0 aromatic heterocycles. The first-order chi connectivity index (χ1) is 4.87. The van der Waals surface area contributed by atoms with E-state index in [4.69, 9.17) is 0 Å². The SMILES string of the molecule is CCC1(C2CNC2)CCC1. The number of hydrogen-bond acceptors (Lipinski definition) is 1. The molecule has 0 amide bonds. The van der Waals surface area contributed by atoms with Gasteiger partial charge in [-0.1, -0.05) is 19.8 Å². The average Bonchev–Trinajstić information content (AvgIpc) is 1.73. The van der Waals surface area contributed by atoms with E-state index in [1.54, 1.807) is 0 Å². The minimum Gasteiger partial charge on any atom is -0.316 e. The van der Waals surface area contributed by atoms with Crippen LogP contribution in [0.3, 0.4) is 0 Å². The molecule has 10 heavy (non-hydrogen) atoms. The Balaban J connectivity index is 1.96. The highest BCUT2D eigenvalue weighted by Gasteiger charge is 2.44. The van der Waals surface area contributed by atoms with Crippen molar-refractivity contribution in [3.63, 3.8) is 0 Å². The summed E-state index contributed by atoms with van der Waals surface area (Å²) in [6.45, 7) is 4.96. The molecule has 0 spiro atoms. The van der Waals surface area contributed by atoms with Gasteiger partial charge in [0.2, 0.25) is 0 Å². The minimum absolute atomic E-state index is 0.797. The van der Waals surface area contributed by atoms with E-state index in [0.717, 1.165) is 11.3 Å². The molecule has 0 bridgehead atoms. The molecule has 1 nitrogen and oxygen atoms in total. The van der Waals surface area contributed by atoms with Gasteiger partial charge in [-0.05, 0) is 37.3 Å². The van der Waals surface area contributed by atoms with Gasteiger partial charge in [-0.15, -0.1) is 0 Å². The van der Waals surface area contributed by atoms with Gasteiger partial charge in [-0.25, -0.2) is 0 Å². The van der Waals surface area contributed by atoms with E-state index in [9.17, 15) is 0 Å². The maximum Gasteiger partial charge on any atom is -0.000292 e. The van der Waals surface area contributed by atoms with Crippen molar-refractivity contribution < 1.29 is 0 Å². The Hall–Kier alpha value is -0.0400. The van der Waals surface area contributed by atoms with Crippen LogP contribution in [-0.2, 0) is 0 Å². The highest BCUT2D eigenvalue weighted by Crippen LogP contribution is 2.50. The second kappa shape index (κ2) is 2.23. The monoisotopic (exact) mass is 139 g/mol. The van der Waals surface area contributed by atoms with Gasteiger partial charge in [0.15, 0.2) is 0 Å². The molecule has 1 saturated carbocycles. The summed E-state index contributed by atoms with van der Waals surface area (Å²) in [7, 11) is 0. The number of hydrogen-bond donors (Lipinski definition) is 1. The van der Waals surface area contributed by atoms with Crippen molar-refractivity contribution in [2.24, 2.45) is 11.3 Å². The van der Waals surface area contributed by atoms with Crippen LogP contribution in [0.15, 0.2) is 0 Å². The molecule has 1 aliphatic heterocycles. The smallest absolute Gasteiger partial charge is 0.000292 e. The van der Waals surface area contributed by atoms with Gasteiger partial charge in [-0.3, -0.25) is 0 Å². The molecule has 0 radical (unpaired) electrons. The first-order valence-electron chi connectivity index (χ1n) is 4.58. The fourth-order valence-corrected chi connectivity index (χ4v) is 2.40. The van der Waals surface area contributed by atoms with E-state index in [1.807, 2.05) is 0 Å². The fraction of sp³-hybridized carbons (Fsp3) is 1.00. The van der Waals surface area contributed by atoms with Crippen LogP contribution < -0.4 is 5.32 Å². The van der Waals surface area contributed by atoms with E-state index in [2.05, 4.69) is 12.2 Å². The molecular weight excluding hydrogens is 122 g/mol. The largest absolute Gasteiger partial charge is 0.316 e. The molecule has 0 unspecified atom stereocenters. The summed E-state index contributed by atoms with van der Waals surface area (Å²) >= 11 is 0. The van der Waals surface area contributed by atoms with E-state index < -0.39 is 0 Å². The Morgan fingerprint density at radius 2 is 2.10 bits per heavy atom. The zero-order chi connectivity index (χ0) is 7.03. The van der Waals surface area contributed by atoms with Crippen molar-refractivity contribution in [1.29, 1.82) is 0 Å². The summed E-state index contributed by atoms with van der Waals surface area (Å²) in [5.74, 6) is 1.03. The van der Waals surface area contributed by atoms with E-state index in [1.165, 1.54) is 38.8 Å². The van der Waals surface area contributed by atoms with Crippen LogP contribution in [0.4, 0.5) is 0 Å². The Morgan fingerprint density at radius 1 is 1.40 bits per heavy atom. The molecule has 1 heterocycles. The summed E-state index contributed by atoms with van der Waals surface area (Å²) in [5.41, 5.74) is 0.797. The molecule has 2 aliphatic rings. The summed E-state index contributed by atoms with van der Waals surface area (Å²) in [6, 6.07) is 0. The lowest BCUT2D eigenvalue weighted by atomic mass is 9.58. The predicted octanol–water partition coefficient (Wildman–Crippen LogP) is 1.79. The normalized spacial score (nSPS) is 30.9. The summed E-state index contributed by atoms with van der Waals surface area (Å²) in [4.78, 5) is 0. The van der Waals surface area contributed by atoms with Crippen molar-refractivity contribution in [3.8, 4) is 0 Å². The Labute approximate surface area is 63.2 Å². The zero-order valence-electron chi connectivity index (χ0n) is 6.82. The van der Waals surface area contributed by atoms with Crippen LogP contribution in [0.1, 0.15) is 32.6 Å². The molecule has 1 heteroatoms. The number of nitrogens with one attached hydrogen (secondary N) is 1. The third-order valence-corrected chi connectivity index (χ3v) is 3.70. The van der Waals surface area contributed by atoms with Gasteiger partial charge < -0.3 is 5.32 Å². The topological polar surface area (TPSA) is 12.0 Å². The Bertz CT molecular complexity index is 117. The van der Waals surface area contributed by atoms with Gasteiger partial charge in [0.05, 0.1) is 0 Å². The van der Waals surface area contributed by atoms with Gasteiger partial charge >= 0.3 is 0 Å². The lowest BCUT2D eigenvalue weighted by Crippen LogP contribution is -2.54. The van der Waals surface area contributed by atoms with Gasteiger partial charge in [0.25, 0.3) is 0 Å².